The summed E-state index contributed by atoms with van der Waals surface area (Å²) in [4.78, 5) is 30.0. The van der Waals surface area contributed by atoms with Crippen LogP contribution in [0.3, 0.4) is 0 Å². The molecular formula is C14H13N3O2S. The Morgan fingerprint density at radius 2 is 2.10 bits per heavy atom. The molecule has 20 heavy (non-hydrogen) atoms. The zero-order valence-electron chi connectivity index (χ0n) is 10.7. The fourth-order valence-electron chi connectivity index (χ4n) is 2.12. The number of amides is 2. The van der Waals surface area contributed by atoms with Crippen molar-refractivity contribution in [3.63, 3.8) is 0 Å². The van der Waals surface area contributed by atoms with Crippen LogP contribution in [0.15, 0.2) is 41.9 Å². The summed E-state index contributed by atoms with van der Waals surface area (Å²) in [6, 6.07) is 8.62. The minimum Gasteiger partial charge on any atom is -0.326 e. The normalized spacial score (nSPS) is 17.4. The molecule has 2 amide bonds. The van der Waals surface area contributed by atoms with Gasteiger partial charge in [0, 0.05) is 23.7 Å². The van der Waals surface area contributed by atoms with Crippen LogP contribution < -0.4 is 5.32 Å². The molecule has 0 bridgehead atoms. The van der Waals surface area contributed by atoms with Gasteiger partial charge in [-0.15, -0.1) is 11.3 Å². The Morgan fingerprint density at radius 1 is 1.30 bits per heavy atom. The molecule has 1 saturated heterocycles. The van der Waals surface area contributed by atoms with Crippen molar-refractivity contribution in [1.82, 2.24) is 9.88 Å². The van der Waals surface area contributed by atoms with Crippen molar-refractivity contribution >= 4 is 28.3 Å². The average molecular weight is 287 g/mol. The molecule has 1 aromatic carbocycles. The van der Waals surface area contributed by atoms with E-state index in [4.69, 9.17) is 0 Å². The number of benzene rings is 1. The van der Waals surface area contributed by atoms with E-state index < -0.39 is 6.04 Å². The number of hydrogen-bond donors (Lipinski definition) is 1. The van der Waals surface area contributed by atoms with Crippen molar-refractivity contribution in [2.24, 2.45) is 0 Å². The molecule has 1 aromatic heterocycles. The van der Waals surface area contributed by atoms with E-state index in [1.54, 1.807) is 28.6 Å². The van der Waals surface area contributed by atoms with Crippen molar-refractivity contribution in [3.05, 3.63) is 47.5 Å². The lowest BCUT2D eigenvalue weighted by molar-refractivity contribution is -0.123. The number of thiazole rings is 1. The Kier molecular flexibility index (Phi) is 3.47. The van der Waals surface area contributed by atoms with Gasteiger partial charge in [-0.2, -0.15) is 0 Å². The predicted octanol–water partition coefficient (Wildman–Crippen LogP) is 2.00. The molecule has 1 N–H and O–H groups in total. The number of anilines is 1. The highest BCUT2D eigenvalue weighted by atomic mass is 32.1. The van der Waals surface area contributed by atoms with E-state index >= 15 is 0 Å². The van der Waals surface area contributed by atoms with Gasteiger partial charge in [0.2, 0.25) is 5.91 Å². The van der Waals surface area contributed by atoms with Crippen LogP contribution in [0.1, 0.15) is 16.8 Å². The summed E-state index contributed by atoms with van der Waals surface area (Å²) < 4.78 is 0. The van der Waals surface area contributed by atoms with Crippen LogP contribution in [-0.4, -0.2) is 34.3 Å². The average Bonchev–Trinajstić information content (AvgIpc) is 2.91. The van der Waals surface area contributed by atoms with Crippen LogP contribution >= 0.6 is 11.3 Å². The second-order valence-electron chi connectivity index (χ2n) is 4.50. The first-order valence-electron chi connectivity index (χ1n) is 6.32. The Balaban J connectivity index is 1.67. The van der Waals surface area contributed by atoms with Gasteiger partial charge >= 0.3 is 0 Å². The number of aromatic nitrogens is 1. The summed E-state index contributed by atoms with van der Waals surface area (Å²) in [5, 5.41) is 5.09. The second-order valence-corrected chi connectivity index (χ2v) is 5.39. The fourth-order valence-corrected chi connectivity index (χ4v) is 2.66. The van der Waals surface area contributed by atoms with Gasteiger partial charge in [-0.3, -0.25) is 9.59 Å². The molecule has 1 fully saturated rings. The topological polar surface area (TPSA) is 62.3 Å². The van der Waals surface area contributed by atoms with Crippen LogP contribution in [0.25, 0.3) is 0 Å². The van der Waals surface area contributed by atoms with Crippen LogP contribution in [0.2, 0.25) is 0 Å². The van der Waals surface area contributed by atoms with E-state index in [2.05, 4.69) is 10.3 Å². The first-order valence-corrected chi connectivity index (χ1v) is 7.20. The molecular weight excluding hydrogens is 274 g/mol. The highest BCUT2D eigenvalue weighted by Crippen LogP contribution is 2.22. The summed E-state index contributed by atoms with van der Waals surface area (Å²) in [6.45, 7) is 0.615. The fraction of sp³-hybridized carbons (Fsp3) is 0.214. The van der Waals surface area contributed by atoms with E-state index in [-0.39, 0.29) is 11.8 Å². The Labute approximate surface area is 120 Å². The number of nitrogens with one attached hydrogen (secondary N) is 1. The molecule has 0 saturated carbocycles. The minimum absolute atomic E-state index is 0.101. The number of nitrogens with zero attached hydrogens (tertiary/aromatic N) is 2. The highest BCUT2D eigenvalue weighted by molar-refractivity contribution is 7.13. The van der Waals surface area contributed by atoms with E-state index in [1.807, 2.05) is 18.2 Å². The summed E-state index contributed by atoms with van der Waals surface area (Å²) in [5.74, 6) is -0.272. The largest absolute Gasteiger partial charge is 0.326 e. The molecule has 3 rings (SSSR count). The monoisotopic (exact) mass is 287 g/mol. The maximum absolute atomic E-state index is 12.3. The molecule has 1 aliphatic heterocycles. The van der Waals surface area contributed by atoms with Crippen LogP contribution in [-0.2, 0) is 4.79 Å². The first-order chi connectivity index (χ1) is 9.75. The molecule has 0 radical (unpaired) electrons. The lowest BCUT2D eigenvalue weighted by Gasteiger charge is -2.39. The molecule has 0 spiro atoms. The zero-order valence-corrected chi connectivity index (χ0v) is 11.5. The summed E-state index contributed by atoms with van der Waals surface area (Å²) >= 11 is 1.36. The Bertz CT molecular complexity index is 613. The molecule has 6 heteroatoms. The highest BCUT2D eigenvalue weighted by Gasteiger charge is 2.38. The van der Waals surface area contributed by atoms with E-state index in [1.165, 1.54) is 11.3 Å². The lowest BCUT2D eigenvalue weighted by atomic mass is 10.0. The van der Waals surface area contributed by atoms with Crippen molar-refractivity contribution in [2.75, 3.05) is 11.9 Å². The number of carbonyl (C=O) groups excluding carboxylic acids is 2. The van der Waals surface area contributed by atoms with Crippen LogP contribution in [0.4, 0.5) is 5.13 Å². The molecule has 5 nitrogen and oxygen atoms in total. The number of hydrogen-bond acceptors (Lipinski definition) is 4. The van der Waals surface area contributed by atoms with E-state index in [0.29, 0.717) is 23.7 Å². The number of likely N-dealkylation sites (tertiary alicyclic amines) is 1. The quantitative estimate of drug-likeness (QED) is 0.939. The summed E-state index contributed by atoms with van der Waals surface area (Å²) in [5.41, 5.74) is 0.610. The maximum Gasteiger partial charge on any atom is 0.254 e. The first kappa shape index (κ1) is 12.8. The van der Waals surface area contributed by atoms with Gasteiger partial charge in [0.15, 0.2) is 5.13 Å². The smallest absolute Gasteiger partial charge is 0.254 e. The van der Waals surface area contributed by atoms with Gasteiger partial charge in [-0.1, -0.05) is 18.2 Å². The Morgan fingerprint density at radius 3 is 2.70 bits per heavy atom. The van der Waals surface area contributed by atoms with Gasteiger partial charge in [-0.05, 0) is 18.6 Å². The van der Waals surface area contributed by atoms with Gasteiger partial charge in [0.25, 0.3) is 5.91 Å². The zero-order chi connectivity index (χ0) is 13.9. The van der Waals surface area contributed by atoms with Gasteiger partial charge in [0.1, 0.15) is 6.04 Å². The third kappa shape index (κ3) is 2.42. The van der Waals surface area contributed by atoms with Crippen molar-refractivity contribution in [2.45, 2.75) is 12.5 Å². The molecule has 102 valence electrons. The maximum atomic E-state index is 12.3. The second kappa shape index (κ2) is 5.42. The number of carbonyl (C=O) groups is 2. The van der Waals surface area contributed by atoms with Gasteiger partial charge in [-0.25, -0.2) is 4.98 Å². The van der Waals surface area contributed by atoms with Crippen LogP contribution in [0.5, 0.6) is 0 Å². The van der Waals surface area contributed by atoms with E-state index in [9.17, 15) is 9.59 Å². The van der Waals surface area contributed by atoms with Crippen molar-refractivity contribution in [3.8, 4) is 0 Å². The van der Waals surface area contributed by atoms with Gasteiger partial charge in [0.05, 0.1) is 0 Å². The predicted molar refractivity (Wildman–Crippen MR) is 76.6 cm³/mol. The third-order valence-corrected chi connectivity index (χ3v) is 3.95. The molecule has 2 heterocycles. The SMILES string of the molecule is O=C(Nc1nccs1)C1CCN1C(=O)c1ccccc1. The number of rotatable bonds is 3. The molecule has 2 aromatic rings. The molecule has 1 atom stereocenters. The minimum atomic E-state index is -0.397. The van der Waals surface area contributed by atoms with Gasteiger partial charge < -0.3 is 10.2 Å². The Hall–Kier alpha value is -2.21. The molecule has 1 unspecified atom stereocenters. The summed E-state index contributed by atoms with van der Waals surface area (Å²) in [6.07, 6.45) is 2.32. The third-order valence-electron chi connectivity index (χ3n) is 3.27. The van der Waals surface area contributed by atoms with Crippen LogP contribution in [0, 0.1) is 0 Å². The van der Waals surface area contributed by atoms with E-state index in [0.717, 1.165) is 0 Å². The van der Waals surface area contributed by atoms with Crippen molar-refractivity contribution < 1.29 is 9.59 Å². The summed E-state index contributed by atoms with van der Waals surface area (Å²) in [7, 11) is 0. The van der Waals surface area contributed by atoms with Crippen molar-refractivity contribution in [1.29, 1.82) is 0 Å². The molecule has 0 aliphatic carbocycles. The molecule has 1 aliphatic rings. The lowest BCUT2D eigenvalue weighted by Crippen LogP contribution is -2.56. The standard InChI is InChI=1S/C14H13N3O2S/c18-12(16-14-15-7-9-20-14)11-6-8-17(11)13(19)10-4-2-1-3-5-10/h1-5,7,9,11H,6,8H2,(H,15,16,18).